The highest BCUT2D eigenvalue weighted by Gasteiger charge is 2.25. The number of ether oxygens (including phenoxy) is 1. The molecular formula is C18H21N9O4. The van der Waals surface area contributed by atoms with Crippen LogP contribution in [0.2, 0.25) is 0 Å². The molecule has 0 atom stereocenters. The maximum Gasteiger partial charge on any atom is 0.292 e. The number of hydrogen-bond donors (Lipinski definition) is 4. The van der Waals surface area contributed by atoms with E-state index in [4.69, 9.17) is 16.2 Å². The molecule has 0 aliphatic heterocycles. The molecule has 0 saturated heterocycles. The first kappa shape index (κ1) is 21.3. The van der Waals surface area contributed by atoms with E-state index in [0.29, 0.717) is 22.7 Å². The van der Waals surface area contributed by atoms with Crippen LogP contribution in [0.15, 0.2) is 35.5 Å². The summed E-state index contributed by atoms with van der Waals surface area (Å²) in [6, 6.07) is 6.69. The van der Waals surface area contributed by atoms with Gasteiger partial charge < -0.3 is 16.2 Å². The van der Waals surface area contributed by atoms with Gasteiger partial charge in [0.25, 0.3) is 11.8 Å². The minimum atomic E-state index is -0.571. The van der Waals surface area contributed by atoms with E-state index in [1.54, 1.807) is 24.3 Å². The van der Waals surface area contributed by atoms with Crippen LogP contribution in [-0.4, -0.2) is 43.7 Å². The number of benzene rings is 1. The molecule has 0 aliphatic rings. The summed E-state index contributed by atoms with van der Waals surface area (Å²) in [7, 11) is 0. The van der Waals surface area contributed by atoms with Crippen molar-refractivity contribution in [3.63, 3.8) is 0 Å². The lowest BCUT2D eigenvalue weighted by Crippen LogP contribution is -2.36. The Bertz CT molecular complexity index is 1100. The van der Waals surface area contributed by atoms with Gasteiger partial charge in [0.05, 0.1) is 11.4 Å². The Morgan fingerprint density at radius 1 is 1.23 bits per heavy atom. The molecule has 2 aromatic heterocycles. The van der Waals surface area contributed by atoms with Gasteiger partial charge in [0, 0.05) is 0 Å². The Morgan fingerprint density at radius 3 is 2.52 bits per heavy atom. The van der Waals surface area contributed by atoms with Crippen molar-refractivity contribution in [2.24, 2.45) is 5.73 Å². The Morgan fingerprint density at radius 2 is 1.94 bits per heavy atom. The van der Waals surface area contributed by atoms with E-state index in [-0.39, 0.29) is 29.9 Å². The minimum Gasteiger partial charge on any atom is -0.484 e. The van der Waals surface area contributed by atoms with Crippen molar-refractivity contribution in [3.05, 3.63) is 47.8 Å². The van der Waals surface area contributed by atoms with E-state index in [9.17, 15) is 9.59 Å². The fraction of sp³-hybridized carbons (Fsp3) is 0.222. The van der Waals surface area contributed by atoms with Crippen molar-refractivity contribution >= 4 is 23.3 Å². The van der Waals surface area contributed by atoms with E-state index in [2.05, 4.69) is 42.7 Å². The number of nitrogens with two attached hydrogens (primary N) is 2. The molecule has 3 rings (SSSR count). The number of nitrogen functional groups attached to an aromatic ring is 1. The Labute approximate surface area is 176 Å². The zero-order valence-electron chi connectivity index (χ0n) is 16.8. The topological polar surface area (TPSA) is 189 Å². The van der Waals surface area contributed by atoms with Crippen molar-refractivity contribution in [3.8, 4) is 11.6 Å². The lowest BCUT2D eigenvalue weighted by atomic mass is 10.1. The third-order valence-corrected chi connectivity index (χ3v) is 4.07. The zero-order valence-corrected chi connectivity index (χ0v) is 16.8. The molecule has 0 unspecified atom stereocenters. The number of nitrogens with zero attached hydrogens (tertiary/aromatic N) is 5. The van der Waals surface area contributed by atoms with Crippen LogP contribution in [0.1, 0.15) is 41.5 Å². The maximum absolute atomic E-state index is 12.7. The van der Waals surface area contributed by atoms with Crippen molar-refractivity contribution in [2.45, 2.75) is 19.8 Å². The van der Waals surface area contributed by atoms with Gasteiger partial charge in [-0.05, 0) is 46.1 Å². The fourth-order valence-corrected chi connectivity index (χ4v) is 2.63. The molecule has 2 heterocycles. The van der Waals surface area contributed by atoms with Crippen LogP contribution in [0.25, 0.3) is 11.5 Å². The first-order valence-electron chi connectivity index (χ1n) is 9.08. The lowest BCUT2D eigenvalue weighted by molar-refractivity contribution is -0.119. The smallest absolute Gasteiger partial charge is 0.292 e. The summed E-state index contributed by atoms with van der Waals surface area (Å²) in [5, 5.41) is 15.1. The fourth-order valence-electron chi connectivity index (χ4n) is 2.63. The van der Waals surface area contributed by atoms with E-state index in [1.165, 1.54) is 4.68 Å². The predicted octanol–water partition coefficient (Wildman–Crippen LogP) is 0.125. The van der Waals surface area contributed by atoms with Gasteiger partial charge in [-0.15, -0.1) is 5.10 Å². The van der Waals surface area contributed by atoms with Crippen LogP contribution in [-0.2, 0) is 4.79 Å². The standard InChI is InChI=1S/C18H21N9O4/c1-9(2)15-14(22-26-27(15)17-16(20)24-31-25-17)18(29)23-21-10(3)11-4-6-12(7-5-11)30-8-13(19)28/h4-7,9,21H,3,8H2,1-2H3,(H2,19,28)(H2,20,24)(H,23,29). The molecule has 0 aliphatic carbocycles. The number of amides is 2. The summed E-state index contributed by atoms with van der Waals surface area (Å²) < 4.78 is 11.1. The Hall–Kier alpha value is -4.42. The highest BCUT2D eigenvalue weighted by atomic mass is 16.6. The van der Waals surface area contributed by atoms with Crippen molar-refractivity contribution in [2.75, 3.05) is 12.3 Å². The van der Waals surface area contributed by atoms with Gasteiger partial charge in [-0.3, -0.25) is 20.4 Å². The molecule has 1 aromatic carbocycles. The minimum absolute atomic E-state index is 0.0218. The number of primary amides is 1. The van der Waals surface area contributed by atoms with Crippen LogP contribution < -0.4 is 27.1 Å². The molecule has 0 spiro atoms. The number of hydrogen-bond acceptors (Lipinski definition) is 10. The quantitative estimate of drug-likeness (QED) is 0.341. The monoisotopic (exact) mass is 427 g/mol. The molecule has 6 N–H and O–H groups in total. The molecule has 13 nitrogen and oxygen atoms in total. The molecule has 13 heteroatoms. The highest BCUT2D eigenvalue weighted by molar-refractivity contribution is 5.93. The van der Waals surface area contributed by atoms with E-state index in [1.807, 2.05) is 13.8 Å². The van der Waals surface area contributed by atoms with Crippen LogP contribution in [0.3, 0.4) is 0 Å². The van der Waals surface area contributed by atoms with Gasteiger partial charge in [0.15, 0.2) is 12.3 Å². The van der Waals surface area contributed by atoms with Crippen LogP contribution in [0.4, 0.5) is 5.82 Å². The second-order valence-electron chi connectivity index (χ2n) is 6.70. The average molecular weight is 427 g/mol. The normalized spacial score (nSPS) is 10.7. The molecule has 0 fully saturated rings. The number of rotatable bonds is 9. The predicted molar refractivity (Wildman–Crippen MR) is 108 cm³/mol. The van der Waals surface area contributed by atoms with E-state index >= 15 is 0 Å². The molecule has 3 aromatic rings. The molecule has 0 bridgehead atoms. The average Bonchev–Trinajstić information content (AvgIpc) is 3.36. The summed E-state index contributed by atoms with van der Waals surface area (Å²) in [4.78, 5) is 23.5. The summed E-state index contributed by atoms with van der Waals surface area (Å²) in [5.74, 6) is -0.604. The van der Waals surface area contributed by atoms with Crippen molar-refractivity contribution in [1.29, 1.82) is 0 Å². The van der Waals surface area contributed by atoms with E-state index in [0.717, 1.165) is 0 Å². The summed E-state index contributed by atoms with van der Waals surface area (Å²) >= 11 is 0. The summed E-state index contributed by atoms with van der Waals surface area (Å²) in [5.41, 5.74) is 17.7. The summed E-state index contributed by atoms with van der Waals surface area (Å²) in [6.45, 7) is 7.39. The maximum atomic E-state index is 12.7. The third kappa shape index (κ3) is 4.77. The second kappa shape index (κ2) is 8.94. The Kier molecular flexibility index (Phi) is 6.14. The number of carbonyl (C=O) groups excluding carboxylic acids is 2. The molecule has 0 radical (unpaired) electrons. The van der Waals surface area contributed by atoms with Crippen LogP contribution >= 0.6 is 0 Å². The van der Waals surface area contributed by atoms with Gasteiger partial charge in [-0.1, -0.05) is 25.6 Å². The number of hydrazine groups is 1. The number of aromatic nitrogens is 5. The first-order chi connectivity index (χ1) is 14.8. The van der Waals surface area contributed by atoms with Gasteiger partial charge in [0.2, 0.25) is 11.6 Å². The zero-order chi connectivity index (χ0) is 22.5. The number of anilines is 1. The molecule has 31 heavy (non-hydrogen) atoms. The lowest BCUT2D eigenvalue weighted by Gasteiger charge is -2.13. The SMILES string of the molecule is C=C(NNC(=O)c1nnn(-c2nonc2N)c1C(C)C)c1ccc(OCC(N)=O)cc1. The van der Waals surface area contributed by atoms with Gasteiger partial charge in [0.1, 0.15) is 5.75 Å². The van der Waals surface area contributed by atoms with Gasteiger partial charge in [-0.25, -0.2) is 4.63 Å². The third-order valence-electron chi connectivity index (χ3n) is 4.07. The molecular weight excluding hydrogens is 406 g/mol. The largest absolute Gasteiger partial charge is 0.484 e. The van der Waals surface area contributed by atoms with E-state index < -0.39 is 11.8 Å². The van der Waals surface area contributed by atoms with Crippen molar-refractivity contribution < 1.29 is 19.0 Å². The van der Waals surface area contributed by atoms with Crippen LogP contribution in [0, 0.1) is 0 Å². The number of carbonyl (C=O) groups is 2. The summed E-state index contributed by atoms with van der Waals surface area (Å²) in [6.07, 6.45) is 0. The van der Waals surface area contributed by atoms with Gasteiger partial charge >= 0.3 is 0 Å². The molecule has 162 valence electrons. The highest BCUT2D eigenvalue weighted by Crippen LogP contribution is 2.22. The number of nitrogens with one attached hydrogen (secondary N) is 2. The molecule has 2 amide bonds. The second-order valence-corrected chi connectivity index (χ2v) is 6.70. The van der Waals surface area contributed by atoms with Crippen molar-refractivity contribution in [1.82, 2.24) is 36.2 Å². The Balaban J connectivity index is 1.68. The van der Waals surface area contributed by atoms with Crippen LogP contribution in [0.5, 0.6) is 5.75 Å². The first-order valence-corrected chi connectivity index (χ1v) is 9.08. The molecule has 0 saturated carbocycles. The van der Waals surface area contributed by atoms with Gasteiger partial charge in [-0.2, -0.15) is 4.68 Å².